The first-order chi connectivity index (χ1) is 18.2. The number of rotatable bonds is 4. The van der Waals surface area contributed by atoms with Gasteiger partial charge in [0, 0.05) is 16.6 Å². The molecule has 0 saturated heterocycles. The maximum Gasteiger partial charge on any atom is 0.340 e. The van der Waals surface area contributed by atoms with E-state index in [0.29, 0.717) is 17.8 Å². The number of fused-ring (bicyclic) bond motifs is 5. The van der Waals surface area contributed by atoms with Crippen LogP contribution in [0.25, 0.3) is 5.00 Å². The number of nitrogens with one attached hydrogen (secondary N) is 1. The Morgan fingerprint density at radius 2 is 1.76 bits per heavy atom. The van der Waals surface area contributed by atoms with Crippen molar-refractivity contribution in [2.45, 2.75) is 45.2 Å². The summed E-state index contributed by atoms with van der Waals surface area (Å²) >= 11 is 1.87. The molecule has 2 amide bonds. The average Bonchev–Trinajstić information content (AvgIpc) is 3.51. The Kier molecular flexibility index (Phi) is 6.30. The van der Waals surface area contributed by atoms with E-state index in [9.17, 15) is 9.59 Å². The van der Waals surface area contributed by atoms with Crippen molar-refractivity contribution in [1.29, 1.82) is 0 Å². The molecule has 37 heavy (non-hydrogen) atoms. The van der Waals surface area contributed by atoms with E-state index in [-0.39, 0.29) is 18.7 Å². The summed E-state index contributed by atoms with van der Waals surface area (Å²) in [7, 11) is 0. The van der Waals surface area contributed by atoms with Crippen molar-refractivity contribution in [2.24, 2.45) is 0 Å². The number of aromatic nitrogens is 1. The number of carbonyl (C=O) groups is 2. The van der Waals surface area contributed by atoms with Crippen LogP contribution in [0.1, 0.15) is 63.4 Å². The Bertz CT molecular complexity index is 1460. The topological polar surface area (TPSA) is 63.6 Å². The van der Waals surface area contributed by atoms with Gasteiger partial charge in [-0.05, 0) is 68.0 Å². The summed E-state index contributed by atoms with van der Waals surface area (Å²) in [6.07, 6.45) is 6.66. The highest BCUT2D eigenvalue weighted by Crippen LogP contribution is 2.44. The predicted octanol–water partition coefficient (Wildman–Crippen LogP) is 6.73. The molecule has 2 aromatic heterocycles. The molecule has 1 unspecified atom stereocenters. The summed E-state index contributed by atoms with van der Waals surface area (Å²) < 4.78 is 7.51. The van der Waals surface area contributed by atoms with Crippen LogP contribution < -0.4 is 5.32 Å². The molecule has 1 aliphatic carbocycles. The summed E-state index contributed by atoms with van der Waals surface area (Å²) in [5.74, 6) is -0.447. The van der Waals surface area contributed by atoms with Gasteiger partial charge in [0.2, 0.25) is 0 Å². The quantitative estimate of drug-likeness (QED) is 0.309. The van der Waals surface area contributed by atoms with Crippen LogP contribution >= 0.6 is 11.3 Å². The lowest BCUT2D eigenvalue weighted by Crippen LogP contribution is -2.38. The molecule has 2 aliphatic rings. The minimum Gasteiger partial charge on any atom is -0.462 e. The first-order valence-electron chi connectivity index (χ1n) is 12.9. The predicted molar refractivity (Wildman–Crippen MR) is 146 cm³/mol. The van der Waals surface area contributed by atoms with E-state index in [4.69, 9.17) is 4.74 Å². The van der Waals surface area contributed by atoms with Gasteiger partial charge in [-0.2, -0.15) is 0 Å². The SMILES string of the molecule is CCOC(=O)c1ccccc1NC(=O)N1Cc2c(sc3c2CCCC3)-n2cccc2C1c1ccccc1. The third-order valence-electron chi connectivity index (χ3n) is 7.22. The summed E-state index contributed by atoms with van der Waals surface area (Å²) in [5.41, 5.74) is 5.54. The van der Waals surface area contributed by atoms with Gasteiger partial charge in [-0.25, -0.2) is 9.59 Å². The Labute approximate surface area is 220 Å². The van der Waals surface area contributed by atoms with Crippen molar-refractivity contribution in [2.75, 3.05) is 11.9 Å². The number of hydrogen-bond donors (Lipinski definition) is 1. The fourth-order valence-electron chi connectivity index (χ4n) is 5.54. The van der Waals surface area contributed by atoms with Crippen LogP contribution in [0.2, 0.25) is 0 Å². The van der Waals surface area contributed by atoms with E-state index in [1.807, 2.05) is 40.5 Å². The molecular formula is C30H29N3O3S. The molecule has 6 nitrogen and oxygen atoms in total. The van der Waals surface area contributed by atoms with Crippen LogP contribution in [0.15, 0.2) is 72.9 Å². The van der Waals surface area contributed by atoms with Gasteiger partial charge in [0.05, 0.1) is 36.1 Å². The second-order valence-corrected chi connectivity index (χ2v) is 10.5. The first kappa shape index (κ1) is 23.6. The maximum atomic E-state index is 14.1. The number of urea groups is 1. The van der Waals surface area contributed by atoms with Gasteiger partial charge in [-0.15, -0.1) is 11.3 Å². The van der Waals surface area contributed by atoms with Gasteiger partial charge in [0.25, 0.3) is 0 Å². The third-order valence-corrected chi connectivity index (χ3v) is 8.55. The number of hydrogen-bond acceptors (Lipinski definition) is 4. The number of anilines is 1. The van der Waals surface area contributed by atoms with Crippen molar-refractivity contribution in [1.82, 2.24) is 9.47 Å². The van der Waals surface area contributed by atoms with Crippen LogP contribution in [0.5, 0.6) is 0 Å². The molecule has 3 heterocycles. The Morgan fingerprint density at radius 1 is 0.973 bits per heavy atom. The molecule has 1 N–H and O–H groups in total. The van der Waals surface area contributed by atoms with Gasteiger partial charge in [-0.3, -0.25) is 0 Å². The van der Waals surface area contributed by atoms with Gasteiger partial charge in [0.15, 0.2) is 0 Å². The molecule has 0 spiro atoms. The number of nitrogens with zero attached hydrogens (tertiary/aromatic N) is 2. The van der Waals surface area contributed by atoms with Crippen LogP contribution in [0, 0.1) is 0 Å². The number of amides is 2. The van der Waals surface area contributed by atoms with Crippen LogP contribution in [-0.2, 0) is 24.1 Å². The minimum atomic E-state index is -0.447. The Hall–Kier alpha value is -3.84. The summed E-state index contributed by atoms with van der Waals surface area (Å²) in [4.78, 5) is 30.1. The molecular weight excluding hydrogens is 482 g/mol. The Morgan fingerprint density at radius 3 is 2.59 bits per heavy atom. The number of thiophene rings is 1. The first-order valence-corrected chi connectivity index (χ1v) is 13.7. The molecule has 7 heteroatoms. The zero-order valence-electron chi connectivity index (χ0n) is 20.8. The fraction of sp³-hybridized carbons (Fsp3) is 0.267. The van der Waals surface area contributed by atoms with Crippen molar-refractivity contribution in [3.63, 3.8) is 0 Å². The zero-order valence-corrected chi connectivity index (χ0v) is 21.6. The van der Waals surface area contributed by atoms with Crippen LogP contribution in [0.4, 0.5) is 10.5 Å². The molecule has 0 bridgehead atoms. The zero-order chi connectivity index (χ0) is 25.4. The van der Waals surface area contributed by atoms with Gasteiger partial charge in [-0.1, -0.05) is 42.5 Å². The second-order valence-electron chi connectivity index (χ2n) is 9.43. The number of para-hydroxylation sites is 1. The van der Waals surface area contributed by atoms with Gasteiger partial charge < -0.3 is 19.5 Å². The largest absolute Gasteiger partial charge is 0.462 e. The standard InChI is InChI=1S/C30H29N3O3S/c1-2-36-29(34)22-14-6-8-15-24(22)31-30(35)33-19-23-21-13-7-9-17-26(21)37-28(23)32-18-10-16-25(32)27(33)20-11-4-3-5-12-20/h3-6,8,10-12,14-16,18,27H,2,7,9,13,17,19H2,1H3,(H,31,35). The number of aryl methyl sites for hydroxylation is 1. The molecule has 188 valence electrons. The molecule has 6 rings (SSSR count). The monoisotopic (exact) mass is 511 g/mol. The molecule has 0 fully saturated rings. The van der Waals surface area contributed by atoms with E-state index in [0.717, 1.165) is 24.1 Å². The smallest absolute Gasteiger partial charge is 0.340 e. The number of esters is 1. The lowest BCUT2D eigenvalue weighted by Gasteiger charge is -2.31. The van der Waals surface area contributed by atoms with E-state index < -0.39 is 5.97 Å². The van der Waals surface area contributed by atoms with Gasteiger partial charge >= 0.3 is 12.0 Å². The number of carbonyl (C=O) groups excluding carboxylic acids is 2. The van der Waals surface area contributed by atoms with Crippen molar-refractivity contribution in [3.05, 3.63) is 106 Å². The van der Waals surface area contributed by atoms with E-state index in [1.54, 1.807) is 25.1 Å². The van der Waals surface area contributed by atoms with Crippen LogP contribution in [-0.4, -0.2) is 28.1 Å². The molecule has 0 radical (unpaired) electrons. The fourth-order valence-corrected chi connectivity index (χ4v) is 6.94. The Balaban J connectivity index is 1.46. The maximum absolute atomic E-state index is 14.1. The van der Waals surface area contributed by atoms with Crippen LogP contribution in [0.3, 0.4) is 0 Å². The van der Waals surface area contributed by atoms with Crippen molar-refractivity contribution < 1.29 is 14.3 Å². The van der Waals surface area contributed by atoms with Crippen molar-refractivity contribution in [3.8, 4) is 5.00 Å². The second kappa shape index (κ2) is 9.90. The molecule has 4 aromatic rings. The summed E-state index contributed by atoms with van der Waals surface area (Å²) in [5, 5.41) is 4.27. The lowest BCUT2D eigenvalue weighted by molar-refractivity contribution is 0.0527. The summed E-state index contributed by atoms with van der Waals surface area (Å²) in [6.45, 7) is 2.54. The molecule has 1 aliphatic heterocycles. The highest BCUT2D eigenvalue weighted by atomic mass is 32.1. The molecule has 1 atom stereocenters. The van der Waals surface area contributed by atoms with Gasteiger partial charge in [0.1, 0.15) is 5.00 Å². The highest BCUT2D eigenvalue weighted by molar-refractivity contribution is 7.15. The van der Waals surface area contributed by atoms with E-state index >= 15 is 0 Å². The third kappa shape index (κ3) is 4.23. The summed E-state index contributed by atoms with van der Waals surface area (Å²) in [6, 6.07) is 20.8. The number of benzene rings is 2. The average molecular weight is 512 g/mol. The van der Waals surface area contributed by atoms with E-state index in [2.05, 4.69) is 40.3 Å². The van der Waals surface area contributed by atoms with E-state index in [1.165, 1.54) is 33.8 Å². The normalized spacial score (nSPS) is 16.2. The lowest BCUT2D eigenvalue weighted by atomic mass is 9.95. The van der Waals surface area contributed by atoms with Crippen molar-refractivity contribution >= 4 is 29.0 Å². The number of ether oxygens (including phenoxy) is 1. The highest BCUT2D eigenvalue weighted by Gasteiger charge is 2.36. The molecule has 2 aromatic carbocycles. The minimum absolute atomic E-state index is 0.248. The molecule has 0 saturated carbocycles.